The molecule has 0 radical (unpaired) electrons. The Morgan fingerprint density at radius 3 is 2.57 bits per heavy atom. The second-order valence-corrected chi connectivity index (χ2v) is 5.82. The molecule has 2 heterocycles. The fourth-order valence-electron chi connectivity index (χ4n) is 2.83. The summed E-state index contributed by atoms with van der Waals surface area (Å²) in [4.78, 5) is 0. The Hall–Kier alpha value is -1.30. The second-order valence-electron chi connectivity index (χ2n) is 5.82. The normalized spacial score (nSPS) is 30.7. The zero-order valence-corrected chi connectivity index (χ0v) is 12.7. The summed E-state index contributed by atoms with van der Waals surface area (Å²) in [6.45, 7) is 5.00. The van der Waals surface area contributed by atoms with Gasteiger partial charge in [-0.05, 0) is 44.5 Å². The highest BCUT2D eigenvalue weighted by molar-refractivity contribution is 5.31. The summed E-state index contributed by atoms with van der Waals surface area (Å²) in [5.41, 5.74) is 0. The third kappa shape index (κ3) is 3.31. The van der Waals surface area contributed by atoms with Gasteiger partial charge in [-0.15, -0.1) is 0 Å². The molecule has 3 atom stereocenters. The van der Waals surface area contributed by atoms with Crippen LogP contribution in [0.25, 0.3) is 0 Å². The summed E-state index contributed by atoms with van der Waals surface area (Å²) in [5.74, 6) is 1.06. The Morgan fingerprint density at radius 1 is 1.14 bits per heavy atom. The average Bonchev–Trinajstić information content (AvgIpc) is 2.80. The van der Waals surface area contributed by atoms with E-state index in [4.69, 9.17) is 23.7 Å². The molecule has 5 heteroatoms. The lowest BCUT2D eigenvalue weighted by Crippen LogP contribution is -2.45. The Kier molecular flexibility index (Phi) is 4.06. The highest BCUT2D eigenvalue weighted by atomic mass is 16.8. The van der Waals surface area contributed by atoms with E-state index in [1.807, 2.05) is 38.1 Å². The van der Waals surface area contributed by atoms with Gasteiger partial charge in [0.05, 0.1) is 13.2 Å². The van der Waals surface area contributed by atoms with Gasteiger partial charge in [0.25, 0.3) is 0 Å². The van der Waals surface area contributed by atoms with E-state index in [-0.39, 0.29) is 18.3 Å². The van der Waals surface area contributed by atoms with Gasteiger partial charge in [0.1, 0.15) is 30.3 Å². The number of rotatable bonds is 4. The van der Waals surface area contributed by atoms with Gasteiger partial charge in [-0.2, -0.15) is 0 Å². The van der Waals surface area contributed by atoms with Crippen molar-refractivity contribution in [2.75, 3.05) is 20.3 Å². The molecule has 3 rings (SSSR count). The third-order valence-electron chi connectivity index (χ3n) is 3.80. The monoisotopic (exact) mass is 294 g/mol. The van der Waals surface area contributed by atoms with Crippen molar-refractivity contribution >= 4 is 0 Å². The summed E-state index contributed by atoms with van der Waals surface area (Å²) >= 11 is 0. The Labute approximate surface area is 125 Å². The maximum absolute atomic E-state index is 5.94. The van der Waals surface area contributed by atoms with Gasteiger partial charge >= 0.3 is 0 Å². The molecule has 0 aliphatic carbocycles. The number of ether oxygens (including phenoxy) is 5. The smallest absolute Gasteiger partial charge is 0.163 e. The molecular formula is C16H22O5. The first-order valence-corrected chi connectivity index (χ1v) is 7.31. The first-order valence-electron chi connectivity index (χ1n) is 7.31. The predicted octanol–water partition coefficient (Wildman–Crippen LogP) is 2.38. The molecule has 0 N–H and O–H groups in total. The topological polar surface area (TPSA) is 46.2 Å². The maximum atomic E-state index is 5.94. The summed E-state index contributed by atoms with van der Waals surface area (Å²) in [6.07, 6.45) is 0.797. The van der Waals surface area contributed by atoms with Crippen LogP contribution < -0.4 is 9.47 Å². The largest absolute Gasteiger partial charge is 0.497 e. The van der Waals surface area contributed by atoms with Crippen molar-refractivity contribution in [2.24, 2.45) is 0 Å². The average molecular weight is 294 g/mol. The van der Waals surface area contributed by atoms with Crippen LogP contribution in [-0.2, 0) is 14.2 Å². The second kappa shape index (κ2) is 5.83. The van der Waals surface area contributed by atoms with Crippen molar-refractivity contribution < 1.29 is 23.7 Å². The van der Waals surface area contributed by atoms with Crippen LogP contribution in [-0.4, -0.2) is 44.4 Å². The molecule has 1 aromatic rings. The van der Waals surface area contributed by atoms with Crippen molar-refractivity contribution in [3.63, 3.8) is 0 Å². The van der Waals surface area contributed by atoms with Crippen molar-refractivity contribution in [1.82, 2.24) is 0 Å². The van der Waals surface area contributed by atoms with Crippen LogP contribution >= 0.6 is 0 Å². The van der Waals surface area contributed by atoms with E-state index in [0.29, 0.717) is 13.2 Å². The SMILES string of the molecule is COc1ccc(OCC2OCCC3OC(C)(C)OC23)cc1. The molecule has 0 aromatic heterocycles. The number of benzene rings is 1. The van der Waals surface area contributed by atoms with Crippen molar-refractivity contribution in [3.05, 3.63) is 24.3 Å². The van der Waals surface area contributed by atoms with Crippen LogP contribution in [0.15, 0.2) is 24.3 Å². The standard InChI is InChI=1S/C16H22O5/c1-16(2)20-13-8-9-18-14(15(13)21-16)10-19-12-6-4-11(17-3)5-7-12/h4-7,13-15H,8-10H2,1-3H3. The minimum Gasteiger partial charge on any atom is -0.497 e. The van der Waals surface area contributed by atoms with Crippen LogP contribution in [0.5, 0.6) is 11.5 Å². The molecule has 2 fully saturated rings. The molecular weight excluding hydrogens is 272 g/mol. The van der Waals surface area contributed by atoms with Crippen LogP contribution in [0.1, 0.15) is 20.3 Å². The molecule has 21 heavy (non-hydrogen) atoms. The van der Waals surface area contributed by atoms with E-state index >= 15 is 0 Å². The minimum atomic E-state index is -0.540. The van der Waals surface area contributed by atoms with E-state index < -0.39 is 5.79 Å². The molecule has 0 amide bonds. The van der Waals surface area contributed by atoms with Crippen molar-refractivity contribution in [2.45, 2.75) is 44.4 Å². The zero-order valence-electron chi connectivity index (χ0n) is 12.7. The lowest BCUT2D eigenvalue weighted by atomic mass is 10.0. The fraction of sp³-hybridized carbons (Fsp3) is 0.625. The Bertz CT molecular complexity index is 470. The number of fused-ring (bicyclic) bond motifs is 1. The van der Waals surface area contributed by atoms with Crippen LogP contribution in [0, 0.1) is 0 Å². The lowest BCUT2D eigenvalue weighted by molar-refractivity contribution is -0.156. The van der Waals surface area contributed by atoms with Gasteiger partial charge in [-0.1, -0.05) is 0 Å². The van der Waals surface area contributed by atoms with Gasteiger partial charge in [-0.3, -0.25) is 0 Å². The minimum absolute atomic E-state index is 0.0630. The van der Waals surface area contributed by atoms with Gasteiger partial charge in [0.15, 0.2) is 5.79 Å². The summed E-state index contributed by atoms with van der Waals surface area (Å²) < 4.78 is 28.6. The molecule has 2 aliphatic heterocycles. The predicted molar refractivity (Wildman–Crippen MR) is 76.7 cm³/mol. The quantitative estimate of drug-likeness (QED) is 0.853. The highest BCUT2D eigenvalue weighted by Gasteiger charge is 2.47. The molecule has 2 aliphatic rings. The third-order valence-corrected chi connectivity index (χ3v) is 3.80. The molecule has 116 valence electrons. The van der Waals surface area contributed by atoms with Gasteiger partial charge in [0.2, 0.25) is 0 Å². The lowest BCUT2D eigenvalue weighted by Gasteiger charge is -2.31. The van der Waals surface area contributed by atoms with Gasteiger partial charge in [0, 0.05) is 6.61 Å². The van der Waals surface area contributed by atoms with Gasteiger partial charge < -0.3 is 23.7 Å². The molecule has 3 unspecified atom stereocenters. The molecule has 2 saturated heterocycles. The van der Waals surface area contributed by atoms with E-state index in [1.54, 1.807) is 7.11 Å². The number of methoxy groups -OCH3 is 1. The molecule has 0 bridgehead atoms. The Balaban J connectivity index is 1.59. The van der Waals surface area contributed by atoms with E-state index in [9.17, 15) is 0 Å². The number of hydrogen-bond acceptors (Lipinski definition) is 5. The van der Waals surface area contributed by atoms with Crippen molar-refractivity contribution in [1.29, 1.82) is 0 Å². The summed E-state index contributed by atoms with van der Waals surface area (Å²) in [6, 6.07) is 7.51. The van der Waals surface area contributed by atoms with E-state index in [2.05, 4.69) is 0 Å². The molecule has 0 saturated carbocycles. The zero-order chi connectivity index (χ0) is 14.9. The highest BCUT2D eigenvalue weighted by Crippen LogP contribution is 2.35. The van der Waals surface area contributed by atoms with E-state index in [0.717, 1.165) is 17.9 Å². The van der Waals surface area contributed by atoms with E-state index in [1.165, 1.54) is 0 Å². The first kappa shape index (κ1) is 14.6. The molecule has 1 aromatic carbocycles. The van der Waals surface area contributed by atoms with Crippen LogP contribution in [0.2, 0.25) is 0 Å². The Morgan fingerprint density at radius 2 is 1.86 bits per heavy atom. The maximum Gasteiger partial charge on any atom is 0.163 e. The van der Waals surface area contributed by atoms with Gasteiger partial charge in [-0.25, -0.2) is 0 Å². The molecule has 5 nitrogen and oxygen atoms in total. The van der Waals surface area contributed by atoms with Crippen LogP contribution in [0.4, 0.5) is 0 Å². The summed E-state index contributed by atoms with van der Waals surface area (Å²) in [5, 5.41) is 0. The molecule has 0 spiro atoms. The number of hydrogen-bond donors (Lipinski definition) is 0. The van der Waals surface area contributed by atoms with Crippen LogP contribution in [0.3, 0.4) is 0 Å². The fourth-order valence-corrected chi connectivity index (χ4v) is 2.83. The van der Waals surface area contributed by atoms with Crippen molar-refractivity contribution in [3.8, 4) is 11.5 Å². The summed E-state index contributed by atoms with van der Waals surface area (Å²) in [7, 11) is 1.64. The first-order chi connectivity index (χ1) is 10.1.